The van der Waals surface area contributed by atoms with Gasteiger partial charge in [-0.25, -0.2) is 4.79 Å². The molecule has 3 rings (SSSR count). The Morgan fingerprint density at radius 3 is 2.34 bits per heavy atom. The number of hydrogen-bond acceptors (Lipinski definition) is 5. The predicted octanol–water partition coefficient (Wildman–Crippen LogP) is 1.80. The summed E-state index contributed by atoms with van der Waals surface area (Å²) in [5.41, 5.74) is 1.17. The summed E-state index contributed by atoms with van der Waals surface area (Å²) < 4.78 is 4.48. The summed E-state index contributed by atoms with van der Waals surface area (Å²) >= 11 is 0. The minimum Gasteiger partial charge on any atom is -0.354 e. The average molecular weight is 399 g/mol. The second-order valence-corrected chi connectivity index (χ2v) is 7.22. The van der Waals surface area contributed by atoms with Crippen molar-refractivity contribution >= 4 is 17.1 Å². The number of aromatic nitrogens is 4. The average Bonchev–Trinajstić information content (AvgIpc) is 3.13. The smallest absolute Gasteiger partial charge is 0.332 e. The first-order valence-electron chi connectivity index (χ1n) is 10.1. The number of nitrogens with zero attached hydrogens (tertiary/aromatic N) is 5. The van der Waals surface area contributed by atoms with Crippen molar-refractivity contribution in [3.8, 4) is 0 Å². The van der Waals surface area contributed by atoms with Gasteiger partial charge in [0.15, 0.2) is 11.2 Å². The van der Waals surface area contributed by atoms with E-state index < -0.39 is 0 Å². The van der Waals surface area contributed by atoms with Crippen molar-refractivity contribution in [3.05, 3.63) is 56.7 Å². The normalized spacial score (nSPS) is 12.6. The second kappa shape index (κ2) is 8.65. The van der Waals surface area contributed by atoms with Crippen LogP contribution < -0.4 is 16.6 Å². The molecule has 0 radical (unpaired) electrons. The largest absolute Gasteiger partial charge is 0.354 e. The monoisotopic (exact) mass is 398 g/mol. The third-order valence-corrected chi connectivity index (χ3v) is 5.57. The van der Waals surface area contributed by atoms with Crippen molar-refractivity contribution in [2.24, 2.45) is 14.1 Å². The highest BCUT2D eigenvalue weighted by atomic mass is 16.2. The molecule has 1 aromatic carbocycles. The molecule has 1 atom stereocenters. The second-order valence-electron chi connectivity index (χ2n) is 7.22. The van der Waals surface area contributed by atoms with Crippen molar-refractivity contribution in [2.45, 2.75) is 26.8 Å². The highest BCUT2D eigenvalue weighted by molar-refractivity contribution is 5.74. The topological polar surface area (TPSA) is 77.1 Å². The van der Waals surface area contributed by atoms with Crippen LogP contribution in [0.15, 0.2) is 39.9 Å². The third kappa shape index (κ3) is 3.85. The molecule has 0 saturated heterocycles. The van der Waals surface area contributed by atoms with Gasteiger partial charge in [0.2, 0.25) is 5.95 Å². The number of hydrogen-bond donors (Lipinski definition) is 1. The van der Waals surface area contributed by atoms with Gasteiger partial charge in [-0.05, 0) is 25.6 Å². The molecule has 0 aliphatic rings. The molecule has 8 heteroatoms. The summed E-state index contributed by atoms with van der Waals surface area (Å²) in [6.45, 7) is 9.82. The first-order valence-corrected chi connectivity index (χ1v) is 10.1. The van der Waals surface area contributed by atoms with E-state index in [9.17, 15) is 9.59 Å². The lowest BCUT2D eigenvalue weighted by atomic mass is 10.1. The number of rotatable bonds is 8. The van der Waals surface area contributed by atoms with Gasteiger partial charge in [0.05, 0.1) is 6.04 Å². The molecular weight excluding hydrogens is 368 g/mol. The summed E-state index contributed by atoms with van der Waals surface area (Å²) in [7, 11) is 3.15. The Labute approximate surface area is 170 Å². The van der Waals surface area contributed by atoms with Crippen molar-refractivity contribution in [1.82, 2.24) is 23.6 Å². The van der Waals surface area contributed by atoms with Gasteiger partial charge in [0.25, 0.3) is 5.56 Å². The first kappa shape index (κ1) is 20.9. The van der Waals surface area contributed by atoms with Crippen LogP contribution in [0.4, 0.5) is 5.95 Å². The molecule has 156 valence electrons. The van der Waals surface area contributed by atoms with E-state index in [1.807, 2.05) is 41.8 Å². The summed E-state index contributed by atoms with van der Waals surface area (Å²) in [5, 5.41) is 3.39. The fourth-order valence-electron chi connectivity index (χ4n) is 3.66. The van der Waals surface area contributed by atoms with E-state index in [0.29, 0.717) is 23.7 Å². The lowest BCUT2D eigenvalue weighted by Gasteiger charge is -2.21. The molecule has 1 N–H and O–H groups in total. The van der Waals surface area contributed by atoms with Crippen LogP contribution in [0.2, 0.25) is 0 Å². The molecule has 0 spiro atoms. The zero-order chi connectivity index (χ0) is 21.1. The minimum atomic E-state index is -0.380. The van der Waals surface area contributed by atoms with Crippen molar-refractivity contribution < 1.29 is 0 Å². The Hall–Kier alpha value is -2.87. The van der Waals surface area contributed by atoms with E-state index in [1.165, 1.54) is 11.6 Å². The number of aryl methyl sites for hydroxylation is 1. The van der Waals surface area contributed by atoms with E-state index in [4.69, 9.17) is 0 Å². The van der Waals surface area contributed by atoms with Crippen LogP contribution in [-0.4, -0.2) is 49.8 Å². The molecule has 2 heterocycles. The first-order chi connectivity index (χ1) is 13.9. The number of fused-ring (bicyclic) bond motifs is 1. The van der Waals surface area contributed by atoms with Crippen LogP contribution in [-0.2, 0) is 14.1 Å². The van der Waals surface area contributed by atoms with Crippen molar-refractivity contribution in [1.29, 1.82) is 0 Å². The standard InChI is InChI=1S/C21H30N6O2/c1-6-26(7-2)14-13-22-20-23-18-17(19(28)25(5)21(29)24(18)4)27(20)15(3)16-11-9-8-10-12-16/h8-12,15H,6-7,13-14H2,1-5H3,(H,22,23). The van der Waals surface area contributed by atoms with Crippen LogP contribution in [0, 0.1) is 0 Å². The van der Waals surface area contributed by atoms with Gasteiger partial charge in [0, 0.05) is 27.2 Å². The Morgan fingerprint density at radius 2 is 1.72 bits per heavy atom. The quantitative estimate of drug-likeness (QED) is 0.626. The summed E-state index contributed by atoms with van der Waals surface area (Å²) in [6.07, 6.45) is 0. The van der Waals surface area contributed by atoms with Gasteiger partial charge in [0.1, 0.15) is 0 Å². The maximum Gasteiger partial charge on any atom is 0.332 e. The van der Waals surface area contributed by atoms with Gasteiger partial charge in [-0.1, -0.05) is 44.2 Å². The van der Waals surface area contributed by atoms with E-state index in [-0.39, 0.29) is 17.3 Å². The SMILES string of the molecule is CCN(CC)CCNc1nc2c(c(=O)n(C)c(=O)n2C)n1C(C)c1ccccc1. The van der Waals surface area contributed by atoms with Gasteiger partial charge in [-0.15, -0.1) is 0 Å². The summed E-state index contributed by atoms with van der Waals surface area (Å²) in [4.78, 5) is 32.4. The van der Waals surface area contributed by atoms with Gasteiger partial charge in [-0.3, -0.25) is 18.5 Å². The fourth-order valence-corrected chi connectivity index (χ4v) is 3.66. The Morgan fingerprint density at radius 1 is 1.07 bits per heavy atom. The van der Waals surface area contributed by atoms with Crippen LogP contribution in [0.5, 0.6) is 0 Å². The number of imidazole rings is 1. The maximum atomic E-state index is 13.0. The Balaban J connectivity index is 2.14. The number of anilines is 1. The molecular formula is C21H30N6O2. The lowest BCUT2D eigenvalue weighted by Crippen LogP contribution is -2.37. The van der Waals surface area contributed by atoms with E-state index in [1.54, 1.807) is 7.05 Å². The number of benzene rings is 1. The highest BCUT2D eigenvalue weighted by Crippen LogP contribution is 2.26. The molecule has 0 fully saturated rings. The third-order valence-electron chi connectivity index (χ3n) is 5.57. The molecule has 2 aromatic heterocycles. The van der Waals surface area contributed by atoms with Crippen molar-refractivity contribution in [3.63, 3.8) is 0 Å². The van der Waals surface area contributed by atoms with E-state index in [0.717, 1.165) is 29.8 Å². The van der Waals surface area contributed by atoms with Crippen LogP contribution >= 0.6 is 0 Å². The molecule has 3 aromatic rings. The zero-order valence-electron chi connectivity index (χ0n) is 17.8. The lowest BCUT2D eigenvalue weighted by molar-refractivity contribution is 0.315. The van der Waals surface area contributed by atoms with Crippen LogP contribution in [0.1, 0.15) is 32.4 Å². The molecule has 0 saturated carbocycles. The van der Waals surface area contributed by atoms with E-state index >= 15 is 0 Å². The Kier molecular flexibility index (Phi) is 6.22. The van der Waals surface area contributed by atoms with Crippen molar-refractivity contribution in [2.75, 3.05) is 31.5 Å². The maximum absolute atomic E-state index is 13.0. The molecule has 0 bridgehead atoms. The summed E-state index contributed by atoms with van der Waals surface area (Å²) in [6, 6.07) is 9.86. The minimum absolute atomic E-state index is 0.123. The predicted molar refractivity (Wildman–Crippen MR) is 117 cm³/mol. The van der Waals surface area contributed by atoms with E-state index in [2.05, 4.69) is 29.0 Å². The highest BCUT2D eigenvalue weighted by Gasteiger charge is 2.23. The molecule has 29 heavy (non-hydrogen) atoms. The summed E-state index contributed by atoms with van der Waals surface area (Å²) in [5.74, 6) is 0.599. The molecule has 0 aliphatic heterocycles. The molecule has 1 unspecified atom stereocenters. The Bertz CT molecular complexity index is 1090. The van der Waals surface area contributed by atoms with Gasteiger partial charge >= 0.3 is 5.69 Å². The number of nitrogens with one attached hydrogen (secondary N) is 1. The molecule has 0 amide bonds. The van der Waals surface area contributed by atoms with Crippen LogP contribution in [0.25, 0.3) is 11.2 Å². The van der Waals surface area contributed by atoms with Crippen LogP contribution in [0.3, 0.4) is 0 Å². The molecule has 0 aliphatic carbocycles. The number of likely N-dealkylation sites (N-methyl/N-ethyl adjacent to an activating group) is 1. The molecule has 8 nitrogen and oxygen atoms in total. The van der Waals surface area contributed by atoms with Gasteiger partial charge < -0.3 is 10.2 Å². The zero-order valence-corrected chi connectivity index (χ0v) is 17.8. The fraction of sp³-hybridized carbons (Fsp3) is 0.476. The van der Waals surface area contributed by atoms with Gasteiger partial charge in [-0.2, -0.15) is 4.98 Å².